The predicted molar refractivity (Wildman–Crippen MR) is 121 cm³/mol. The maximum Gasteiger partial charge on any atom is 0.348 e. The van der Waals surface area contributed by atoms with Crippen LogP contribution in [0.2, 0.25) is 20.1 Å². The van der Waals surface area contributed by atoms with Crippen molar-refractivity contribution in [1.29, 1.82) is 0 Å². The van der Waals surface area contributed by atoms with Crippen molar-refractivity contribution in [2.24, 2.45) is 10.2 Å². The smallest absolute Gasteiger partial charge is 0.306 e. The molecule has 8 nitrogen and oxygen atoms in total. The second-order valence-electron chi connectivity index (χ2n) is 6.09. The zero-order valence-electron chi connectivity index (χ0n) is 15.6. The SMILES string of the molecule is CC1=NN(C(=O)Nc2cc(Cl)cc(Cl)c2)C(C)=NN1C(=O)Nc1cc(Cl)cc(Cl)c1. The van der Waals surface area contributed by atoms with Crippen LogP contribution in [-0.4, -0.2) is 33.8 Å². The van der Waals surface area contributed by atoms with Crippen molar-refractivity contribution < 1.29 is 9.59 Å². The number of anilines is 2. The van der Waals surface area contributed by atoms with E-state index in [1.165, 1.54) is 50.2 Å². The molecule has 0 saturated heterocycles. The van der Waals surface area contributed by atoms with Gasteiger partial charge in [0.05, 0.1) is 0 Å². The standard InChI is InChI=1S/C18H14Cl4N6O2/c1-9-25-28(18(30)24-16-7-13(21)4-14(22)8-16)10(2)26-27(9)17(29)23-15-5-11(19)3-12(20)6-15/h3-8H,1-2H3,(H,23,29)(H,24,30). The minimum atomic E-state index is -0.601. The molecule has 4 amide bonds. The minimum Gasteiger partial charge on any atom is -0.306 e. The Morgan fingerprint density at radius 2 is 0.967 bits per heavy atom. The van der Waals surface area contributed by atoms with E-state index >= 15 is 0 Å². The first-order valence-electron chi connectivity index (χ1n) is 8.37. The molecule has 0 spiro atoms. The lowest BCUT2D eigenvalue weighted by molar-refractivity contribution is 0.223. The fraction of sp³-hybridized carbons (Fsp3) is 0.111. The summed E-state index contributed by atoms with van der Waals surface area (Å²) >= 11 is 23.8. The van der Waals surface area contributed by atoms with Crippen LogP contribution < -0.4 is 10.6 Å². The molecule has 1 aliphatic heterocycles. The third-order valence-corrected chi connectivity index (χ3v) is 4.59. The highest BCUT2D eigenvalue weighted by atomic mass is 35.5. The lowest BCUT2D eigenvalue weighted by atomic mass is 10.3. The van der Waals surface area contributed by atoms with E-state index in [4.69, 9.17) is 46.4 Å². The maximum absolute atomic E-state index is 12.6. The van der Waals surface area contributed by atoms with Gasteiger partial charge in [-0.2, -0.15) is 10.0 Å². The normalized spacial score (nSPS) is 13.5. The summed E-state index contributed by atoms with van der Waals surface area (Å²) in [4.78, 5) is 25.2. The van der Waals surface area contributed by atoms with Crippen LogP contribution in [0.15, 0.2) is 46.6 Å². The van der Waals surface area contributed by atoms with Crippen molar-refractivity contribution in [2.45, 2.75) is 13.8 Å². The van der Waals surface area contributed by atoms with Gasteiger partial charge in [-0.05, 0) is 50.2 Å². The molecule has 0 bridgehead atoms. The Morgan fingerprint density at radius 3 is 1.27 bits per heavy atom. The number of hydrogen-bond donors (Lipinski definition) is 2. The van der Waals surface area contributed by atoms with Crippen LogP contribution in [0.25, 0.3) is 0 Å². The molecule has 3 rings (SSSR count). The third-order valence-electron chi connectivity index (χ3n) is 3.71. The molecule has 0 radical (unpaired) electrons. The number of rotatable bonds is 2. The van der Waals surface area contributed by atoms with Gasteiger partial charge in [0, 0.05) is 31.5 Å². The fourth-order valence-corrected chi connectivity index (χ4v) is 3.56. The van der Waals surface area contributed by atoms with Crippen LogP contribution in [0.5, 0.6) is 0 Å². The molecule has 0 aliphatic carbocycles. The molecule has 156 valence electrons. The number of nitrogens with one attached hydrogen (secondary N) is 2. The topological polar surface area (TPSA) is 89.4 Å². The lowest BCUT2D eigenvalue weighted by Crippen LogP contribution is -2.45. The Kier molecular flexibility index (Phi) is 6.72. The second kappa shape index (κ2) is 9.09. The molecule has 0 saturated carbocycles. The lowest BCUT2D eigenvalue weighted by Gasteiger charge is -2.27. The van der Waals surface area contributed by atoms with Crippen molar-refractivity contribution >= 4 is 81.5 Å². The summed E-state index contributed by atoms with van der Waals surface area (Å²) in [7, 11) is 0. The van der Waals surface area contributed by atoms with Gasteiger partial charge in [-0.15, -0.1) is 10.2 Å². The molecule has 2 aromatic carbocycles. The number of amides is 4. The molecule has 0 fully saturated rings. The van der Waals surface area contributed by atoms with Crippen LogP contribution in [0.1, 0.15) is 13.8 Å². The van der Waals surface area contributed by atoms with Crippen molar-refractivity contribution in [1.82, 2.24) is 10.0 Å². The molecule has 2 N–H and O–H groups in total. The maximum atomic E-state index is 12.6. The van der Waals surface area contributed by atoms with E-state index in [1.54, 1.807) is 0 Å². The van der Waals surface area contributed by atoms with Gasteiger partial charge >= 0.3 is 12.1 Å². The first kappa shape index (κ1) is 22.2. The number of nitrogens with zero attached hydrogens (tertiary/aromatic N) is 4. The van der Waals surface area contributed by atoms with Gasteiger partial charge < -0.3 is 10.6 Å². The molecule has 1 heterocycles. The van der Waals surface area contributed by atoms with E-state index in [0.29, 0.717) is 31.5 Å². The number of hydrogen-bond acceptors (Lipinski definition) is 4. The molecular formula is C18H14Cl4N6O2. The Labute approximate surface area is 192 Å². The minimum absolute atomic E-state index is 0.158. The van der Waals surface area contributed by atoms with Gasteiger partial charge in [0.15, 0.2) is 11.7 Å². The van der Waals surface area contributed by atoms with Gasteiger partial charge in [0.25, 0.3) is 0 Å². The molecule has 0 unspecified atom stereocenters. The highest BCUT2D eigenvalue weighted by Gasteiger charge is 2.27. The summed E-state index contributed by atoms with van der Waals surface area (Å²) in [5.41, 5.74) is 0.771. The summed E-state index contributed by atoms with van der Waals surface area (Å²) in [5, 5.41) is 17.0. The van der Waals surface area contributed by atoms with Crippen molar-refractivity contribution in [3.8, 4) is 0 Å². The molecule has 0 atom stereocenters. The predicted octanol–water partition coefficient (Wildman–Crippen LogP) is 6.35. The highest BCUT2D eigenvalue weighted by Crippen LogP contribution is 2.24. The van der Waals surface area contributed by atoms with Gasteiger partial charge in [-0.25, -0.2) is 9.59 Å². The average Bonchev–Trinajstić information content (AvgIpc) is 2.61. The Morgan fingerprint density at radius 1 is 0.667 bits per heavy atom. The van der Waals surface area contributed by atoms with Crippen molar-refractivity contribution in [3.05, 3.63) is 56.5 Å². The first-order chi connectivity index (χ1) is 14.1. The third kappa shape index (κ3) is 5.34. The Bertz CT molecular complexity index is 962. The van der Waals surface area contributed by atoms with E-state index in [-0.39, 0.29) is 11.7 Å². The molecule has 0 aromatic heterocycles. The number of urea groups is 2. The Balaban J connectivity index is 1.74. The zero-order chi connectivity index (χ0) is 22.0. The second-order valence-corrected chi connectivity index (χ2v) is 7.84. The number of amidine groups is 2. The zero-order valence-corrected chi connectivity index (χ0v) is 18.6. The molecule has 12 heteroatoms. The summed E-state index contributed by atoms with van der Waals surface area (Å²) < 4.78 is 0. The van der Waals surface area contributed by atoms with E-state index < -0.39 is 12.1 Å². The highest BCUT2D eigenvalue weighted by molar-refractivity contribution is 6.35. The largest absolute Gasteiger partial charge is 0.348 e. The number of benzene rings is 2. The summed E-state index contributed by atoms with van der Waals surface area (Å²) in [6.45, 7) is 3.05. The first-order valence-corrected chi connectivity index (χ1v) is 9.88. The monoisotopic (exact) mass is 486 g/mol. The van der Waals surface area contributed by atoms with Crippen LogP contribution in [0.3, 0.4) is 0 Å². The van der Waals surface area contributed by atoms with Crippen LogP contribution in [-0.2, 0) is 0 Å². The van der Waals surface area contributed by atoms with E-state index in [2.05, 4.69) is 20.8 Å². The molecule has 2 aromatic rings. The number of halogens is 4. The Hall–Kier alpha value is -2.52. The van der Waals surface area contributed by atoms with Gasteiger partial charge in [-0.3, -0.25) is 0 Å². The van der Waals surface area contributed by atoms with E-state index in [0.717, 1.165) is 10.0 Å². The summed E-state index contributed by atoms with van der Waals surface area (Å²) in [6.07, 6.45) is 0. The van der Waals surface area contributed by atoms with Crippen LogP contribution >= 0.6 is 46.4 Å². The average molecular weight is 488 g/mol. The van der Waals surface area contributed by atoms with E-state index in [9.17, 15) is 9.59 Å². The number of carbonyl (C=O) groups excluding carboxylic acids is 2. The van der Waals surface area contributed by atoms with Crippen LogP contribution in [0, 0.1) is 0 Å². The van der Waals surface area contributed by atoms with Crippen molar-refractivity contribution in [3.63, 3.8) is 0 Å². The molecular weight excluding hydrogens is 474 g/mol. The van der Waals surface area contributed by atoms with Gasteiger partial charge in [0.2, 0.25) is 0 Å². The fourth-order valence-electron chi connectivity index (χ4n) is 2.51. The molecule has 1 aliphatic rings. The number of carbonyl (C=O) groups is 2. The van der Waals surface area contributed by atoms with Crippen LogP contribution in [0.4, 0.5) is 21.0 Å². The van der Waals surface area contributed by atoms with Gasteiger partial charge in [-0.1, -0.05) is 46.4 Å². The summed E-state index contributed by atoms with van der Waals surface area (Å²) in [5.74, 6) is 0.316. The number of hydrazone groups is 2. The quantitative estimate of drug-likeness (QED) is 0.516. The van der Waals surface area contributed by atoms with Crippen molar-refractivity contribution in [2.75, 3.05) is 10.6 Å². The summed E-state index contributed by atoms with van der Waals surface area (Å²) in [6, 6.07) is 8.02. The van der Waals surface area contributed by atoms with E-state index in [1.807, 2.05) is 0 Å². The van der Waals surface area contributed by atoms with Gasteiger partial charge in [0.1, 0.15) is 0 Å². The molecule has 30 heavy (non-hydrogen) atoms.